The largest absolute Gasteiger partial charge is 1.00 e. The zero-order valence-electron chi connectivity index (χ0n) is 61.5. The van der Waals surface area contributed by atoms with Gasteiger partial charge < -0.3 is 56.4 Å². The first-order chi connectivity index (χ1) is 39.0. The molecule has 66 heavy (non-hydrogen) atoms. The average molecular weight is 1560 g/mol. The van der Waals surface area contributed by atoms with Crippen molar-refractivity contribution in [2.24, 2.45) is 11.5 Å². The van der Waals surface area contributed by atoms with Crippen molar-refractivity contribution in [3.8, 4) is 0 Å². The van der Waals surface area contributed by atoms with Gasteiger partial charge in [-0.3, -0.25) is 0 Å². The molecule has 2 aromatic carbocycles. The first kappa shape index (κ1) is 45.3. The summed E-state index contributed by atoms with van der Waals surface area (Å²) in [7, 11) is 8.20. The van der Waals surface area contributed by atoms with Crippen LogP contribution in [0.15, 0.2) is 48.5 Å². The Morgan fingerprint density at radius 2 is 0.864 bits per heavy atom. The number of imide groups is 2. The van der Waals surface area contributed by atoms with Gasteiger partial charge in [0, 0.05) is 109 Å². The molecule has 0 saturated carbocycles. The van der Waals surface area contributed by atoms with Gasteiger partial charge in [0.05, 0.1) is 23.6 Å². The van der Waals surface area contributed by atoms with Crippen molar-refractivity contribution in [1.29, 1.82) is 0 Å². The topological polar surface area (TPSA) is 167 Å². The van der Waals surface area contributed by atoms with Crippen molar-refractivity contribution in [2.45, 2.75) is 44.8 Å². The Morgan fingerprint density at radius 1 is 0.530 bits per heavy atom. The Morgan fingerprint density at radius 3 is 0.955 bits per heavy atom. The molecule has 0 atom stereocenters. The number of fused-ring (bicyclic) bond motifs is 2. The number of alkyl halides is 10. The van der Waals surface area contributed by atoms with Crippen molar-refractivity contribution in [1.82, 2.24) is 15.1 Å². The summed E-state index contributed by atoms with van der Waals surface area (Å²) < 4.78 is 163. The van der Waals surface area contributed by atoms with Gasteiger partial charge >= 0.3 is 103 Å². The summed E-state index contributed by atoms with van der Waals surface area (Å²) in [6.45, 7) is -1.33. The summed E-state index contributed by atoms with van der Waals surface area (Å²) in [4.78, 5) is 47.8. The molecule has 4 rings (SSSR count). The summed E-state index contributed by atoms with van der Waals surface area (Å²) in [6.07, 6.45) is -3.36. The predicted molar refractivity (Wildman–Crippen MR) is 311 cm³/mol. The SMILES string of the molecule is CN(C)CCCN.CN(C)CCCN.O=C1[N-]C(=O)c2ccccc21.O=C1[N-]C(=O)c2ccccc21.[2H]C([2H])(Br)C([2H])([2H])C([2H])([2H])Br.[2H]C([2H])(Br)CC([2H])([2H])Br.[2H]C([2H])(CBr)CBr.[2H]C([2H])(Cl)C([2H])([2H])CBr.[2H]C([2H])(Cl)CCBr.[2H]C([2H])([2H])NC([2H])([2H])[2H].[K+].[K+]. The number of rotatable bonds is 16. The minimum atomic E-state index is -2.62. The van der Waals surface area contributed by atoms with Crippen LogP contribution in [0.4, 0.5) is 0 Å². The number of nitrogens with zero attached hydrogens (tertiary/aromatic N) is 4. The monoisotopic (exact) mass is 1550 g/mol. The molecule has 0 fully saturated rings. The van der Waals surface area contributed by atoms with E-state index in [-0.39, 0.29) is 115 Å². The molecule has 2 aromatic rings. The van der Waals surface area contributed by atoms with Crippen LogP contribution < -0.4 is 120 Å². The van der Waals surface area contributed by atoms with Crippen LogP contribution in [0.5, 0.6) is 0 Å². The third-order valence-electron chi connectivity index (χ3n) is 5.54. The Bertz CT molecular complexity index is 2070. The first-order valence-electron chi connectivity index (χ1n) is 29.7. The van der Waals surface area contributed by atoms with Crippen LogP contribution in [0.25, 0.3) is 10.6 Å². The average Bonchev–Trinajstić information content (AvgIpc) is 3.79. The molecule has 23 heteroatoms. The molecule has 2 aliphatic rings. The molecule has 0 unspecified atom stereocenters. The standard InChI is InChI=1S/2C8H5NO2.2C5H14N2.3C3H6Br2.2C3H6BrCl.C2H7N.2K/c2*10-7-5-3-1-2-4-6(5)8(11)9-7;2*1-7(2)5-3-4-6;5*4-2-1-3-5;1-3-2;;/h2*1-4H,(H,9,10,11);2*3-6H2,1-2H3;5*1-3H2;3H,1-2H3;;/q;;;;;;;;;;2*+1/p-2/i;;;;1D2,2D2,3D2;2D2,3D2;1D2;1D2,3D2;3D2;1D3,2D3;;. The fourth-order valence-corrected chi connectivity index (χ4v) is 6.03. The summed E-state index contributed by atoms with van der Waals surface area (Å²) >= 11 is 32.3. The predicted octanol–water partition coefficient (Wildman–Crippen LogP) is 6.87. The number of halogens is 10. The van der Waals surface area contributed by atoms with Gasteiger partial charge in [-0.25, -0.2) is 0 Å². The third kappa shape index (κ3) is 66.2. The molecule has 5 N–H and O–H groups in total. The normalized spacial score (nSPS) is 18.2. The second kappa shape index (κ2) is 73.5. The van der Waals surface area contributed by atoms with Crippen LogP contribution in [0.3, 0.4) is 0 Å². The summed E-state index contributed by atoms with van der Waals surface area (Å²) in [5.74, 6) is -5.52. The summed E-state index contributed by atoms with van der Waals surface area (Å²) in [5, 5.41) is 1.28. The Hall–Kier alpha value is 4.21. The maximum atomic E-state index is 10.9. The number of hydrogen-bond acceptors (Lipinski definition) is 9. The van der Waals surface area contributed by atoms with Crippen LogP contribution in [-0.4, -0.2) is 156 Å². The van der Waals surface area contributed by atoms with Crippen molar-refractivity contribution < 1.29 is 155 Å². The number of hydrogen-bond donors (Lipinski definition) is 3. The number of benzene rings is 2. The van der Waals surface area contributed by atoms with Crippen molar-refractivity contribution in [3.63, 3.8) is 0 Å². The summed E-state index contributed by atoms with van der Waals surface area (Å²) in [5.41, 5.74) is 12.2. The number of amides is 4. The second-order valence-electron chi connectivity index (χ2n) is 10.8. The molecule has 0 spiro atoms. The summed E-state index contributed by atoms with van der Waals surface area (Å²) in [6, 6.07) is 13.3. The van der Waals surface area contributed by atoms with Gasteiger partial charge in [-0.1, -0.05) is 176 Å². The van der Waals surface area contributed by atoms with Crippen LogP contribution in [-0.2, 0) is 0 Å². The molecular formula is C43H73Br8Cl2K2N7O4. The molecular weight excluding hydrogens is 1470 g/mol. The van der Waals surface area contributed by atoms with E-state index in [1.54, 1.807) is 48.5 Å². The van der Waals surface area contributed by atoms with Crippen LogP contribution in [0.1, 0.15) is 119 Å². The molecule has 2 aliphatic heterocycles. The van der Waals surface area contributed by atoms with Crippen molar-refractivity contribution in [2.75, 3.05) is 122 Å². The van der Waals surface area contributed by atoms with E-state index in [0.29, 0.717) is 44.7 Å². The molecule has 0 aromatic heterocycles. The Balaban J connectivity index is -0.000000139. The van der Waals surface area contributed by atoms with E-state index in [1.807, 2.05) is 0 Å². The van der Waals surface area contributed by atoms with Crippen LogP contribution in [0.2, 0.25) is 0 Å². The number of carbonyl (C=O) groups excluding carboxylic acids is 4. The first-order valence-corrected chi connectivity index (χ1v) is 26.1. The van der Waals surface area contributed by atoms with E-state index in [9.17, 15) is 19.2 Å². The molecule has 0 bridgehead atoms. The smallest absolute Gasteiger partial charge is 0.587 e. The molecule has 376 valence electrons. The van der Waals surface area contributed by atoms with Crippen LogP contribution >= 0.6 is 151 Å². The van der Waals surface area contributed by atoms with Gasteiger partial charge in [-0.2, -0.15) is 0 Å². The van der Waals surface area contributed by atoms with Gasteiger partial charge in [0.2, 0.25) is 0 Å². The minimum Gasteiger partial charge on any atom is -0.587 e. The zero-order chi connectivity index (χ0) is 71.5. The number of nitrogens with two attached hydrogens (primary N) is 2. The molecule has 2 heterocycles. The van der Waals surface area contributed by atoms with Gasteiger partial charge in [0.1, 0.15) is 0 Å². The van der Waals surface area contributed by atoms with Gasteiger partial charge in [-0.15, -0.1) is 23.2 Å². The molecule has 0 saturated heterocycles. The second-order valence-corrected chi connectivity index (χ2v) is 15.7. The molecule has 0 aliphatic carbocycles. The van der Waals surface area contributed by atoms with Gasteiger partial charge in [-0.05, 0) is 113 Å². The maximum Gasteiger partial charge on any atom is 1.00 e. The van der Waals surface area contributed by atoms with Gasteiger partial charge in [0.25, 0.3) is 0 Å². The molecule has 4 amide bonds. The quantitative estimate of drug-likeness (QED) is 0.0925. The fourth-order valence-electron chi connectivity index (χ4n) is 3.09. The molecule has 11 nitrogen and oxygen atoms in total. The van der Waals surface area contributed by atoms with Crippen molar-refractivity contribution >= 4 is 174 Å². The van der Waals surface area contributed by atoms with E-state index in [4.69, 9.17) is 67.6 Å². The van der Waals surface area contributed by atoms with E-state index in [2.05, 4.69) is 176 Å². The van der Waals surface area contributed by atoms with E-state index < -0.39 is 89.5 Å². The van der Waals surface area contributed by atoms with E-state index in [1.165, 1.54) is 5.32 Å². The number of carbonyl (C=O) groups is 4. The zero-order valence-corrected chi connectivity index (χ0v) is 57.9. The molecule has 0 radical (unpaired) electrons. The van der Waals surface area contributed by atoms with E-state index in [0.717, 1.165) is 39.0 Å². The van der Waals surface area contributed by atoms with Crippen molar-refractivity contribution in [3.05, 3.63) is 81.4 Å². The van der Waals surface area contributed by atoms with E-state index >= 15 is 0 Å². The Kier molecular flexibility index (Phi) is 50.4. The maximum absolute atomic E-state index is 10.9. The Labute approximate surface area is 595 Å². The van der Waals surface area contributed by atoms with Crippen LogP contribution in [0, 0.1) is 0 Å². The third-order valence-corrected chi connectivity index (χ3v) is 8.29. The number of nitrogens with one attached hydrogen (secondary N) is 1. The van der Waals surface area contributed by atoms with Gasteiger partial charge in [0.15, 0.2) is 0 Å². The fraction of sp³-hybridized carbons (Fsp3) is 0.628. The minimum absolute atomic E-state index is 0.